The summed E-state index contributed by atoms with van der Waals surface area (Å²) >= 11 is 0. The van der Waals surface area contributed by atoms with E-state index >= 15 is 0 Å². The highest BCUT2D eigenvalue weighted by Gasteiger charge is 2.33. The molecule has 2 aliphatic carbocycles. The molecule has 2 nitrogen and oxygen atoms in total. The Morgan fingerprint density at radius 1 is 0.909 bits per heavy atom. The molecule has 3 fully saturated rings. The zero-order valence-electron chi connectivity index (χ0n) is 20.4. The second-order valence-corrected chi connectivity index (χ2v) is 10.7. The standard InChI is InChI=1S/C29H42F2O2/c1-3-20-5-7-21(8-6-20)9-10-22-11-13-23(14-12-22)26-17-15-24(19-33-26)25-16-18-27(32-4-2)29(31)28(25)30/h3,16,18,20-24,26H,1,4-15,17,19H2,2H3. The van der Waals surface area contributed by atoms with E-state index in [0.717, 1.165) is 30.6 Å². The Balaban J connectivity index is 1.18. The van der Waals surface area contributed by atoms with Gasteiger partial charge >= 0.3 is 0 Å². The molecular formula is C29H42F2O2. The van der Waals surface area contributed by atoms with E-state index in [1.807, 2.05) is 0 Å². The van der Waals surface area contributed by atoms with Crippen molar-refractivity contribution in [2.24, 2.45) is 23.7 Å². The molecule has 1 aromatic rings. The first-order valence-corrected chi connectivity index (χ1v) is 13.4. The van der Waals surface area contributed by atoms with Gasteiger partial charge < -0.3 is 9.47 Å². The van der Waals surface area contributed by atoms with E-state index in [-0.39, 0.29) is 17.8 Å². The highest BCUT2D eigenvalue weighted by Crippen LogP contribution is 2.41. The van der Waals surface area contributed by atoms with Crippen molar-refractivity contribution in [2.75, 3.05) is 13.2 Å². The summed E-state index contributed by atoms with van der Waals surface area (Å²) in [4.78, 5) is 0. The van der Waals surface area contributed by atoms with Crippen LogP contribution in [0.5, 0.6) is 5.75 Å². The van der Waals surface area contributed by atoms with Gasteiger partial charge in [-0.3, -0.25) is 0 Å². The average Bonchev–Trinajstić information content (AvgIpc) is 2.87. The summed E-state index contributed by atoms with van der Waals surface area (Å²) < 4.78 is 40.3. The van der Waals surface area contributed by atoms with E-state index in [1.54, 1.807) is 19.1 Å². The fraction of sp³-hybridized carbons (Fsp3) is 0.724. The fourth-order valence-corrected chi connectivity index (χ4v) is 6.55. The summed E-state index contributed by atoms with van der Waals surface area (Å²) in [6.45, 7) is 6.54. The van der Waals surface area contributed by atoms with Crippen molar-refractivity contribution >= 4 is 0 Å². The van der Waals surface area contributed by atoms with Gasteiger partial charge in [0, 0.05) is 5.92 Å². The predicted octanol–water partition coefficient (Wildman–Crippen LogP) is 8.21. The van der Waals surface area contributed by atoms with E-state index < -0.39 is 11.6 Å². The minimum absolute atomic E-state index is 0.00504. The van der Waals surface area contributed by atoms with E-state index in [1.165, 1.54) is 64.2 Å². The molecule has 33 heavy (non-hydrogen) atoms. The zero-order chi connectivity index (χ0) is 23.2. The first kappa shape index (κ1) is 24.7. The lowest BCUT2D eigenvalue weighted by molar-refractivity contribution is -0.0442. The van der Waals surface area contributed by atoms with Gasteiger partial charge in [0.1, 0.15) is 0 Å². The summed E-state index contributed by atoms with van der Waals surface area (Å²) in [5.74, 6) is 1.49. The van der Waals surface area contributed by atoms with Crippen molar-refractivity contribution < 1.29 is 18.3 Å². The molecule has 0 spiro atoms. The van der Waals surface area contributed by atoms with Gasteiger partial charge in [-0.2, -0.15) is 4.39 Å². The van der Waals surface area contributed by atoms with Crippen LogP contribution in [0.4, 0.5) is 8.78 Å². The molecule has 0 bridgehead atoms. The van der Waals surface area contributed by atoms with Crippen molar-refractivity contribution in [1.82, 2.24) is 0 Å². The third-order valence-electron chi connectivity index (χ3n) is 8.75. The Kier molecular flexibility index (Phi) is 8.85. The molecule has 1 heterocycles. The van der Waals surface area contributed by atoms with Gasteiger partial charge in [-0.1, -0.05) is 37.8 Å². The first-order valence-electron chi connectivity index (χ1n) is 13.4. The smallest absolute Gasteiger partial charge is 0.200 e. The lowest BCUT2D eigenvalue weighted by Gasteiger charge is -2.38. The molecule has 184 valence electrons. The van der Waals surface area contributed by atoms with Gasteiger partial charge in [0.05, 0.1) is 19.3 Å². The summed E-state index contributed by atoms with van der Waals surface area (Å²) in [7, 11) is 0. The maximum atomic E-state index is 14.6. The second-order valence-electron chi connectivity index (χ2n) is 10.7. The summed E-state index contributed by atoms with van der Waals surface area (Å²) in [5.41, 5.74) is 0.431. The fourth-order valence-electron chi connectivity index (χ4n) is 6.55. The van der Waals surface area contributed by atoms with Crippen LogP contribution >= 0.6 is 0 Å². The van der Waals surface area contributed by atoms with Crippen molar-refractivity contribution in [3.05, 3.63) is 42.0 Å². The quantitative estimate of drug-likeness (QED) is 0.364. The Hall–Kier alpha value is -1.42. The first-order chi connectivity index (χ1) is 16.1. The second kappa shape index (κ2) is 11.8. The van der Waals surface area contributed by atoms with Crippen LogP contribution in [0.3, 0.4) is 0 Å². The van der Waals surface area contributed by atoms with Crippen molar-refractivity contribution in [1.29, 1.82) is 0 Å². The number of ether oxygens (including phenoxy) is 2. The molecule has 0 amide bonds. The molecule has 1 aliphatic heterocycles. The van der Waals surface area contributed by atoms with Crippen LogP contribution in [0.2, 0.25) is 0 Å². The van der Waals surface area contributed by atoms with E-state index in [4.69, 9.17) is 9.47 Å². The molecule has 0 radical (unpaired) electrons. The third kappa shape index (κ3) is 6.18. The monoisotopic (exact) mass is 460 g/mol. The van der Waals surface area contributed by atoms with Gasteiger partial charge in [0.25, 0.3) is 0 Å². The van der Waals surface area contributed by atoms with Crippen LogP contribution in [0, 0.1) is 35.3 Å². The largest absolute Gasteiger partial charge is 0.491 e. The molecule has 3 aliphatic rings. The summed E-state index contributed by atoms with van der Waals surface area (Å²) in [5, 5.41) is 0. The highest BCUT2D eigenvalue weighted by molar-refractivity contribution is 5.33. The molecule has 4 rings (SSSR count). The van der Waals surface area contributed by atoms with Gasteiger partial charge in [0.2, 0.25) is 5.82 Å². The molecule has 2 saturated carbocycles. The number of allylic oxidation sites excluding steroid dienone is 1. The Bertz CT molecular complexity index is 755. The normalized spacial score (nSPS) is 32.9. The molecule has 0 aromatic heterocycles. The summed E-state index contributed by atoms with van der Waals surface area (Å²) in [6.07, 6.45) is 17.7. The van der Waals surface area contributed by atoms with Gasteiger partial charge in [-0.25, -0.2) is 4.39 Å². The van der Waals surface area contributed by atoms with Crippen LogP contribution < -0.4 is 4.74 Å². The van der Waals surface area contributed by atoms with Crippen LogP contribution in [-0.2, 0) is 4.74 Å². The third-order valence-corrected chi connectivity index (χ3v) is 8.75. The van der Waals surface area contributed by atoms with E-state index in [9.17, 15) is 8.78 Å². The average molecular weight is 461 g/mol. The predicted molar refractivity (Wildman–Crippen MR) is 130 cm³/mol. The summed E-state index contributed by atoms with van der Waals surface area (Å²) in [6, 6.07) is 3.22. The van der Waals surface area contributed by atoms with Gasteiger partial charge in [0.15, 0.2) is 11.6 Å². The topological polar surface area (TPSA) is 18.5 Å². The number of hydrogen-bond donors (Lipinski definition) is 0. The molecule has 1 saturated heterocycles. The van der Waals surface area contributed by atoms with Gasteiger partial charge in [-0.05, 0) is 93.6 Å². The molecule has 4 heteroatoms. The maximum absolute atomic E-state index is 14.6. The zero-order valence-corrected chi connectivity index (χ0v) is 20.4. The number of benzene rings is 1. The Morgan fingerprint density at radius 3 is 2.15 bits per heavy atom. The highest BCUT2D eigenvalue weighted by atomic mass is 19.2. The van der Waals surface area contributed by atoms with Crippen LogP contribution in [0.15, 0.2) is 24.8 Å². The lowest BCUT2D eigenvalue weighted by atomic mass is 9.73. The van der Waals surface area contributed by atoms with E-state index in [2.05, 4.69) is 12.7 Å². The van der Waals surface area contributed by atoms with Crippen LogP contribution in [0.1, 0.15) is 95.5 Å². The Morgan fingerprint density at radius 2 is 1.58 bits per heavy atom. The Labute approximate surface area is 199 Å². The minimum Gasteiger partial charge on any atom is -0.491 e. The molecule has 1 aromatic carbocycles. The van der Waals surface area contributed by atoms with Crippen LogP contribution in [-0.4, -0.2) is 19.3 Å². The van der Waals surface area contributed by atoms with Crippen LogP contribution in [0.25, 0.3) is 0 Å². The van der Waals surface area contributed by atoms with E-state index in [0.29, 0.717) is 24.7 Å². The number of hydrogen-bond acceptors (Lipinski definition) is 2. The van der Waals surface area contributed by atoms with Crippen molar-refractivity contribution in [3.8, 4) is 5.75 Å². The van der Waals surface area contributed by atoms with Gasteiger partial charge in [-0.15, -0.1) is 6.58 Å². The molecule has 2 atom stereocenters. The molecule has 0 N–H and O–H groups in total. The lowest BCUT2D eigenvalue weighted by Crippen LogP contribution is -2.34. The number of halogens is 2. The number of rotatable bonds is 8. The molecular weight excluding hydrogens is 418 g/mol. The molecule has 2 unspecified atom stereocenters. The van der Waals surface area contributed by atoms with Crippen molar-refractivity contribution in [3.63, 3.8) is 0 Å². The maximum Gasteiger partial charge on any atom is 0.200 e. The van der Waals surface area contributed by atoms with Crippen molar-refractivity contribution in [2.45, 2.75) is 96.0 Å². The SMILES string of the molecule is C=CC1CCC(CCC2CCC(C3CCC(c4ccc(OCC)c(F)c4F)CO3)CC2)CC1. The minimum atomic E-state index is -0.872.